The van der Waals surface area contributed by atoms with Crippen LogP contribution in [0.5, 0.6) is 0 Å². The van der Waals surface area contributed by atoms with Crippen molar-refractivity contribution < 1.29 is 13.6 Å². The lowest BCUT2D eigenvalue weighted by molar-refractivity contribution is 0.0680. The standard InChI is InChI=1S/C18H21FN2O2/c1-12-10-13(2)23-17(12)18(22)21-9-3-4-16(11-21)20-15-7-5-14(19)6-8-15/h5-8,10,16,20H,3-4,9,11H2,1-2H3/t16-/m0/s1. The van der Waals surface area contributed by atoms with Crippen molar-refractivity contribution in [2.45, 2.75) is 32.7 Å². The predicted molar refractivity (Wildman–Crippen MR) is 87.1 cm³/mol. The van der Waals surface area contributed by atoms with Gasteiger partial charge in [0.15, 0.2) is 5.76 Å². The molecule has 0 saturated carbocycles. The van der Waals surface area contributed by atoms with Crippen LogP contribution in [-0.2, 0) is 0 Å². The van der Waals surface area contributed by atoms with Gasteiger partial charge in [-0.25, -0.2) is 4.39 Å². The van der Waals surface area contributed by atoms with E-state index in [2.05, 4.69) is 5.32 Å². The van der Waals surface area contributed by atoms with Gasteiger partial charge in [0.2, 0.25) is 0 Å². The van der Waals surface area contributed by atoms with Gasteiger partial charge in [0.05, 0.1) is 0 Å². The number of carbonyl (C=O) groups is 1. The number of piperidine rings is 1. The quantitative estimate of drug-likeness (QED) is 0.938. The molecule has 23 heavy (non-hydrogen) atoms. The Morgan fingerprint density at radius 2 is 2.04 bits per heavy atom. The Morgan fingerprint density at radius 1 is 1.30 bits per heavy atom. The van der Waals surface area contributed by atoms with E-state index in [9.17, 15) is 9.18 Å². The van der Waals surface area contributed by atoms with E-state index in [0.717, 1.165) is 36.4 Å². The van der Waals surface area contributed by atoms with E-state index in [1.54, 1.807) is 12.1 Å². The number of anilines is 1. The van der Waals surface area contributed by atoms with Crippen molar-refractivity contribution in [3.63, 3.8) is 0 Å². The third-order valence-electron chi connectivity index (χ3n) is 4.16. The summed E-state index contributed by atoms with van der Waals surface area (Å²) in [6.07, 6.45) is 1.92. The predicted octanol–water partition coefficient (Wildman–Crippen LogP) is 3.75. The normalized spacial score (nSPS) is 18.0. The molecule has 122 valence electrons. The molecule has 1 atom stereocenters. The lowest BCUT2D eigenvalue weighted by Crippen LogP contribution is -2.45. The Bertz CT molecular complexity index is 694. The molecular weight excluding hydrogens is 295 g/mol. The van der Waals surface area contributed by atoms with Crippen molar-refractivity contribution in [1.82, 2.24) is 4.90 Å². The van der Waals surface area contributed by atoms with Crippen LogP contribution in [0.2, 0.25) is 0 Å². The molecule has 0 bridgehead atoms. The first kappa shape index (κ1) is 15.6. The Balaban J connectivity index is 1.67. The number of hydrogen-bond donors (Lipinski definition) is 1. The first-order valence-electron chi connectivity index (χ1n) is 7.91. The lowest BCUT2D eigenvalue weighted by Gasteiger charge is -2.33. The fourth-order valence-corrected chi connectivity index (χ4v) is 3.06. The summed E-state index contributed by atoms with van der Waals surface area (Å²) in [7, 11) is 0. The van der Waals surface area contributed by atoms with Gasteiger partial charge in [-0.3, -0.25) is 4.79 Å². The second kappa shape index (κ2) is 6.44. The zero-order valence-corrected chi connectivity index (χ0v) is 13.4. The van der Waals surface area contributed by atoms with E-state index in [-0.39, 0.29) is 17.8 Å². The molecule has 3 rings (SSSR count). The number of nitrogens with one attached hydrogen (secondary N) is 1. The summed E-state index contributed by atoms with van der Waals surface area (Å²) in [4.78, 5) is 14.5. The van der Waals surface area contributed by atoms with Crippen LogP contribution >= 0.6 is 0 Å². The highest BCUT2D eigenvalue weighted by Gasteiger charge is 2.27. The van der Waals surface area contributed by atoms with Gasteiger partial charge in [0.1, 0.15) is 11.6 Å². The molecule has 1 aromatic carbocycles. The lowest BCUT2D eigenvalue weighted by atomic mass is 10.0. The summed E-state index contributed by atoms with van der Waals surface area (Å²) in [6, 6.07) is 8.35. The highest BCUT2D eigenvalue weighted by molar-refractivity contribution is 5.93. The molecule has 1 amide bonds. The molecule has 1 aliphatic rings. The first-order valence-corrected chi connectivity index (χ1v) is 7.91. The maximum Gasteiger partial charge on any atom is 0.289 e. The van der Waals surface area contributed by atoms with Crippen molar-refractivity contribution in [1.29, 1.82) is 0 Å². The van der Waals surface area contributed by atoms with E-state index < -0.39 is 0 Å². The number of carbonyl (C=O) groups excluding carboxylic acids is 1. The molecule has 0 aliphatic carbocycles. The number of furan rings is 1. The molecular formula is C18H21FN2O2. The van der Waals surface area contributed by atoms with Gasteiger partial charge in [-0.2, -0.15) is 0 Å². The third-order valence-corrected chi connectivity index (χ3v) is 4.16. The van der Waals surface area contributed by atoms with Crippen molar-refractivity contribution in [3.8, 4) is 0 Å². The molecule has 1 aromatic heterocycles. The zero-order valence-electron chi connectivity index (χ0n) is 13.4. The van der Waals surface area contributed by atoms with Gasteiger partial charge in [0.25, 0.3) is 5.91 Å². The van der Waals surface area contributed by atoms with E-state index in [0.29, 0.717) is 12.3 Å². The molecule has 2 aromatic rings. The Labute approximate surface area is 135 Å². The topological polar surface area (TPSA) is 45.5 Å². The third kappa shape index (κ3) is 3.55. The van der Waals surface area contributed by atoms with E-state index in [1.165, 1.54) is 12.1 Å². The minimum atomic E-state index is -0.250. The summed E-state index contributed by atoms with van der Waals surface area (Å²) < 4.78 is 18.5. The van der Waals surface area contributed by atoms with Crippen LogP contribution in [0.3, 0.4) is 0 Å². The van der Waals surface area contributed by atoms with Crippen LogP contribution in [0.25, 0.3) is 0 Å². The van der Waals surface area contributed by atoms with E-state index in [4.69, 9.17) is 4.42 Å². The first-order chi connectivity index (χ1) is 11.0. The van der Waals surface area contributed by atoms with Crippen LogP contribution in [0.1, 0.15) is 34.7 Å². The maximum absolute atomic E-state index is 13.0. The number of nitrogens with zero attached hydrogens (tertiary/aromatic N) is 1. The summed E-state index contributed by atoms with van der Waals surface area (Å²) in [5.41, 5.74) is 1.75. The number of benzene rings is 1. The molecule has 0 unspecified atom stereocenters. The summed E-state index contributed by atoms with van der Waals surface area (Å²) in [6.45, 7) is 5.09. The number of amides is 1. The van der Waals surface area contributed by atoms with Crippen LogP contribution in [0.15, 0.2) is 34.7 Å². The smallest absolute Gasteiger partial charge is 0.289 e. The van der Waals surface area contributed by atoms with E-state index in [1.807, 2.05) is 24.8 Å². The Morgan fingerprint density at radius 3 is 2.70 bits per heavy atom. The minimum Gasteiger partial charge on any atom is -0.456 e. The summed E-state index contributed by atoms with van der Waals surface area (Å²) in [5, 5.41) is 3.37. The van der Waals surface area contributed by atoms with Crippen molar-refractivity contribution >= 4 is 11.6 Å². The number of aryl methyl sites for hydroxylation is 2. The maximum atomic E-state index is 13.0. The van der Waals surface area contributed by atoms with Gasteiger partial charge < -0.3 is 14.6 Å². The largest absolute Gasteiger partial charge is 0.456 e. The molecule has 2 heterocycles. The zero-order chi connectivity index (χ0) is 16.4. The SMILES string of the molecule is Cc1cc(C)c(C(=O)N2CCC[C@H](Nc3ccc(F)cc3)C2)o1. The van der Waals surface area contributed by atoms with Gasteiger partial charge in [-0.15, -0.1) is 0 Å². The Kier molecular flexibility index (Phi) is 4.37. The van der Waals surface area contributed by atoms with Gasteiger partial charge in [-0.1, -0.05) is 0 Å². The van der Waals surface area contributed by atoms with Gasteiger partial charge in [0, 0.05) is 30.4 Å². The highest BCUT2D eigenvalue weighted by atomic mass is 19.1. The molecule has 1 N–H and O–H groups in total. The molecule has 0 spiro atoms. The van der Waals surface area contributed by atoms with Crippen LogP contribution < -0.4 is 5.32 Å². The molecule has 1 fully saturated rings. The number of halogens is 1. The van der Waals surface area contributed by atoms with Gasteiger partial charge in [-0.05, 0) is 57.0 Å². The number of hydrogen-bond acceptors (Lipinski definition) is 3. The highest BCUT2D eigenvalue weighted by Crippen LogP contribution is 2.21. The van der Waals surface area contributed by atoms with Crippen molar-refractivity contribution in [3.05, 3.63) is 53.2 Å². The Hall–Kier alpha value is -2.30. The van der Waals surface area contributed by atoms with Crippen LogP contribution in [0, 0.1) is 19.7 Å². The van der Waals surface area contributed by atoms with Crippen molar-refractivity contribution in [2.75, 3.05) is 18.4 Å². The fraction of sp³-hybridized carbons (Fsp3) is 0.389. The summed E-state index contributed by atoms with van der Waals surface area (Å²) >= 11 is 0. The average Bonchev–Trinajstić information content (AvgIpc) is 2.88. The van der Waals surface area contributed by atoms with Crippen LogP contribution in [-0.4, -0.2) is 29.9 Å². The second-order valence-electron chi connectivity index (χ2n) is 6.11. The van der Waals surface area contributed by atoms with Crippen LogP contribution in [0.4, 0.5) is 10.1 Å². The second-order valence-corrected chi connectivity index (χ2v) is 6.11. The number of likely N-dealkylation sites (tertiary alicyclic amines) is 1. The minimum absolute atomic E-state index is 0.0544. The monoisotopic (exact) mass is 316 g/mol. The van der Waals surface area contributed by atoms with Crippen molar-refractivity contribution in [2.24, 2.45) is 0 Å². The average molecular weight is 316 g/mol. The van der Waals surface area contributed by atoms with Gasteiger partial charge >= 0.3 is 0 Å². The molecule has 0 radical (unpaired) electrons. The number of rotatable bonds is 3. The molecule has 1 saturated heterocycles. The molecule has 4 nitrogen and oxygen atoms in total. The summed E-state index contributed by atoms with van der Waals surface area (Å²) in [5.74, 6) is 0.884. The fourth-order valence-electron chi connectivity index (χ4n) is 3.06. The van der Waals surface area contributed by atoms with E-state index >= 15 is 0 Å². The molecule has 1 aliphatic heterocycles. The molecule has 5 heteroatoms.